The average Bonchev–Trinajstić information content (AvgIpc) is 2.91. The fourth-order valence-electron chi connectivity index (χ4n) is 4.68. The van der Waals surface area contributed by atoms with Gasteiger partial charge in [0.25, 0.3) is 0 Å². The second-order valence-electron chi connectivity index (χ2n) is 10.1. The minimum Gasteiger partial charge on any atom is -0.494 e. The maximum atomic E-state index is 9.77. The summed E-state index contributed by atoms with van der Waals surface area (Å²) in [5.74, 6) is 1.68. The van der Waals surface area contributed by atoms with Gasteiger partial charge in [0.15, 0.2) is 0 Å². The van der Waals surface area contributed by atoms with Gasteiger partial charge in [0, 0.05) is 0 Å². The highest BCUT2D eigenvalue weighted by atomic mass is 16.5. The van der Waals surface area contributed by atoms with Gasteiger partial charge in [-0.15, -0.1) is 0 Å². The molecule has 35 heavy (non-hydrogen) atoms. The van der Waals surface area contributed by atoms with Crippen LogP contribution in [-0.2, 0) is 0 Å². The summed E-state index contributed by atoms with van der Waals surface area (Å²) in [6.07, 6.45) is 10.4. The van der Waals surface area contributed by atoms with E-state index in [0.717, 1.165) is 38.0 Å². The van der Waals surface area contributed by atoms with Crippen molar-refractivity contribution >= 4 is 0 Å². The van der Waals surface area contributed by atoms with Crippen molar-refractivity contribution in [3.63, 3.8) is 0 Å². The molecule has 2 atom stereocenters. The van der Waals surface area contributed by atoms with E-state index in [1.807, 2.05) is 0 Å². The molecule has 0 aliphatic rings. The van der Waals surface area contributed by atoms with Gasteiger partial charge in [-0.1, -0.05) is 96.2 Å². The zero-order chi connectivity index (χ0) is 25.5. The lowest BCUT2D eigenvalue weighted by atomic mass is 9.75. The molecule has 0 fully saturated rings. The maximum Gasteiger partial charge on any atom is 0.144 e. The van der Waals surface area contributed by atoms with Crippen LogP contribution in [0.1, 0.15) is 103 Å². The van der Waals surface area contributed by atoms with Crippen LogP contribution in [0.25, 0.3) is 11.1 Å². The van der Waals surface area contributed by atoms with Gasteiger partial charge in [-0.05, 0) is 72.8 Å². The third-order valence-corrected chi connectivity index (χ3v) is 7.32. The molecule has 3 heteroatoms. The summed E-state index contributed by atoms with van der Waals surface area (Å²) in [4.78, 5) is 0. The molecular weight excluding hydrogens is 428 g/mol. The van der Waals surface area contributed by atoms with Gasteiger partial charge in [-0.3, -0.25) is 0 Å². The Morgan fingerprint density at radius 1 is 0.800 bits per heavy atom. The molecule has 3 nitrogen and oxygen atoms in total. The van der Waals surface area contributed by atoms with E-state index < -0.39 is 5.41 Å². The van der Waals surface area contributed by atoms with Crippen molar-refractivity contribution in [2.24, 2.45) is 11.3 Å². The van der Waals surface area contributed by atoms with Crippen LogP contribution in [0, 0.1) is 34.0 Å². The van der Waals surface area contributed by atoms with Crippen LogP contribution >= 0.6 is 0 Å². The van der Waals surface area contributed by atoms with E-state index in [2.05, 4.69) is 88.4 Å². The van der Waals surface area contributed by atoms with Crippen LogP contribution in [0.2, 0.25) is 0 Å². The molecule has 0 amide bonds. The van der Waals surface area contributed by atoms with E-state index in [1.54, 1.807) is 0 Å². The summed E-state index contributed by atoms with van der Waals surface area (Å²) in [7, 11) is 0. The van der Waals surface area contributed by atoms with Crippen LogP contribution < -0.4 is 4.74 Å². The van der Waals surface area contributed by atoms with Crippen LogP contribution in [0.3, 0.4) is 0 Å². The Hall–Kier alpha value is -2.78. The fraction of sp³-hybridized carbons (Fsp3) is 0.562. The standard InChI is InChI=1S/C32H44N2O/c1-5-8-9-10-11-22-35-31-18-16-30(17-19-31)29-14-12-28(13-15-29)27(7-3)20-21-32(24-33,25-34)23-26(4)6-2/h12-19,26-27H,5-11,20-23H2,1-4H3/t26?,27-/m1/s1. The van der Waals surface area contributed by atoms with Gasteiger partial charge in [-0.25, -0.2) is 0 Å². The molecule has 0 radical (unpaired) electrons. The van der Waals surface area contributed by atoms with Crippen molar-refractivity contribution in [3.05, 3.63) is 54.1 Å². The van der Waals surface area contributed by atoms with Crippen molar-refractivity contribution in [2.45, 2.75) is 97.8 Å². The number of hydrogen-bond acceptors (Lipinski definition) is 3. The number of nitriles is 2. The van der Waals surface area contributed by atoms with E-state index in [1.165, 1.54) is 42.4 Å². The second-order valence-corrected chi connectivity index (χ2v) is 10.1. The summed E-state index contributed by atoms with van der Waals surface area (Å²) in [6, 6.07) is 21.9. The molecule has 0 aromatic heterocycles. The van der Waals surface area contributed by atoms with E-state index >= 15 is 0 Å². The molecule has 0 aliphatic carbocycles. The van der Waals surface area contributed by atoms with E-state index in [0.29, 0.717) is 24.7 Å². The number of benzene rings is 2. The molecule has 0 saturated heterocycles. The molecular formula is C32H44N2O. The van der Waals surface area contributed by atoms with E-state index in [-0.39, 0.29) is 0 Å². The summed E-state index contributed by atoms with van der Waals surface area (Å²) in [6.45, 7) is 9.46. The highest BCUT2D eigenvalue weighted by Crippen LogP contribution is 2.36. The largest absolute Gasteiger partial charge is 0.494 e. The lowest BCUT2D eigenvalue weighted by Gasteiger charge is -2.24. The summed E-state index contributed by atoms with van der Waals surface area (Å²) in [5, 5.41) is 19.5. The third kappa shape index (κ3) is 9.07. The minimum atomic E-state index is -0.873. The number of nitrogens with zero attached hydrogens (tertiary/aromatic N) is 2. The molecule has 188 valence electrons. The molecule has 2 aromatic carbocycles. The third-order valence-electron chi connectivity index (χ3n) is 7.32. The lowest BCUT2D eigenvalue weighted by molar-refractivity contribution is 0.304. The summed E-state index contributed by atoms with van der Waals surface area (Å²) >= 11 is 0. The van der Waals surface area contributed by atoms with Gasteiger partial charge >= 0.3 is 0 Å². The van der Waals surface area contributed by atoms with Gasteiger partial charge in [-0.2, -0.15) is 10.5 Å². The zero-order valence-corrected chi connectivity index (χ0v) is 22.4. The van der Waals surface area contributed by atoms with E-state index in [4.69, 9.17) is 4.74 Å². The quantitative estimate of drug-likeness (QED) is 0.229. The highest BCUT2D eigenvalue weighted by molar-refractivity contribution is 5.64. The summed E-state index contributed by atoms with van der Waals surface area (Å²) < 4.78 is 5.90. The van der Waals surface area contributed by atoms with Crippen LogP contribution in [0.5, 0.6) is 5.75 Å². The van der Waals surface area contributed by atoms with Crippen molar-refractivity contribution in [2.75, 3.05) is 6.61 Å². The van der Waals surface area contributed by atoms with Crippen LogP contribution in [0.15, 0.2) is 48.5 Å². The van der Waals surface area contributed by atoms with E-state index in [9.17, 15) is 10.5 Å². The Morgan fingerprint density at radius 2 is 1.40 bits per heavy atom. The molecule has 2 rings (SSSR count). The topological polar surface area (TPSA) is 56.8 Å². The van der Waals surface area contributed by atoms with Gasteiger partial charge < -0.3 is 4.74 Å². The molecule has 0 N–H and O–H groups in total. The molecule has 0 saturated carbocycles. The molecule has 0 spiro atoms. The van der Waals surface area contributed by atoms with Gasteiger partial charge in [0.1, 0.15) is 11.2 Å². The first kappa shape index (κ1) is 28.5. The first-order valence-electron chi connectivity index (χ1n) is 13.7. The molecule has 0 bridgehead atoms. The smallest absolute Gasteiger partial charge is 0.144 e. The average molecular weight is 473 g/mol. The highest BCUT2D eigenvalue weighted by Gasteiger charge is 2.32. The van der Waals surface area contributed by atoms with Crippen molar-refractivity contribution in [3.8, 4) is 29.0 Å². The number of unbranched alkanes of at least 4 members (excludes halogenated alkanes) is 4. The Kier molecular flexibility index (Phi) is 12.4. The predicted molar refractivity (Wildman–Crippen MR) is 146 cm³/mol. The zero-order valence-electron chi connectivity index (χ0n) is 22.4. The SMILES string of the molecule is CCCCCCCOc1ccc(-c2ccc([C@H](CC)CCC(C#N)(C#N)CC(C)CC)cc2)cc1. The molecule has 0 heterocycles. The Balaban J connectivity index is 1.95. The van der Waals surface area contributed by atoms with Gasteiger partial charge in [0.2, 0.25) is 0 Å². The normalized spacial score (nSPS) is 13.0. The summed E-state index contributed by atoms with van der Waals surface area (Å²) in [5.41, 5.74) is 2.78. The second kappa shape index (κ2) is 15.3. The van der Waals surface area contributed by atoms with Crippen molar-refractivity contribution < 1.29 is 4.74 Å². The molecule has 0 aliphatic heterocycles. The van der Waals surface area contributed by atoms with Gasteiger partial charge in [0.05, 0.1) is 18.7 Å². The number of hydrogen-bond donors (Lipinski definition) is 0. The number of ether oxygens (including phenoxy) is 1. The Morgan fingerprint density at radius 3 is 1.94 bits per heavy atom. The lowest BCUT2D eigenvalue weighted by Crippen LogP contribution is -2.20. The Labute approximate surface area is 214 Å². The minimum absolute atomic E-state index is 0.357. The van der Waals surface area contributed by atoms with Crippen molar-refractivity contribution in [1.29, 1.82) is 10.5 Å². The molecule has 2 aromatic rings. The number of rotatable bonds is 16. The van der Waals surface area contributed by atoms with Crippen LogP contribution in [0.4, 0.5) is 0 Å². The van der Waals surface area contributed by atoms with Crippen molar-refractivity contribution in [1.82, 2.24) is 0 Å². The molecule has 1 unspecified atom stereocenters. The maximum absolute atomic E-state index is 9.77. The first-order chi connectivity index (χ1) is 17.0. The Bertz CT molecular complexity index is 920. The predicted octanol–water partition coefficient (Wildman–Crippen LogP) is 9.45. The van der Waals surface area contributed by atoms with Crippen LogP contribution in [-0.4, -0.2) is 6.61 Å². The monoisotopic (exact) mass is 472 g/mol. The fourth-order valence-corrected chi connectivity index (χ4v) is 4.68. The first-order valence-corrected chi connectivity index (χ1v) is 13.7.